The topological polar surface area (TPSA) is 128 Å². The minimum Gasteiger partial charge on any atom is -0.476 e. The van der Waals surface area contributed by atoms with Gasteiger partial charge < -0.3 is 25.2 Å². The number of nitrogens with one attached hydrogen (secondary N) is 2. The zero-order valence-electron chi connectivity index (χ0n) is 24.1. The molecule has 0 aliphatic carbocycles. The van der Waals surface area contributed by atoms with E-state index < -0.39 is 18.2 Å². The van der Waals surface area contributed by atoms with Crippen molar-refractivity contribution in [2.45, 2.75) is 12.8 Å². The van der Waals surface area contributed by atoms with Crippen LogP contribution >= 0.6 is 11.6 Å². The normalized spacial score (nSPS) is 15.6. The second kappa shape index (κ2) is 13.1. The summed E-state index contributed by atoms with van der Waals surface area (Å²) in [4.78, 5) is 38.5. The summed E-state index contributed by atoms with van der Waals surface area (Å²) in [5, 5.41) is 15.3. The van der Waals surface area contributed by atoms with Gasteiger partial charge in [0.2, 0.25) is 11.7 Å². The summed E-state index contributed by atoms with van der Waals surface area (Å²) in [6.45, 7) is 3.58. The number of anilines is 2. The van der Waals surface area contributed by atoms with Crippen LogP contribution in [0.25, 0.3) is 16.9 Å². The number of likely N-dealkylation sites (tertiary alicyclic amines) is 1. The maximum Gasteiger partial charge on any atom is 0.255 e. The van der Waals surface area contributed by atoms with Gasteiger partial charge in [-0.05, 0) is 43.2 Å². The molecule has 0 unspecified atom stereocenters. The molecular formula is C31H29ClF2N8O3. The molecule has 2 saturated heterocycles. The van der Waals surface area contributed by atoms with E-state index in [4.69, 9.17) is 21.6 Å². The molecule has 232 valence electrons. The van der Waals surface area contributed by atoms with Crippen LogP contribution < -0.4 is 15.4 Å². The summed E-state index contributed by atoms with van der Waals surface area (Å²) in [6, 6.07) is 9.27. The number of carbonyl (C=O) groups excluding carboxylic acids is 2. The second-order valence-electron chi connectivity index (χ2n) is 10.8. The van der Waals surface area contributed by atoms with Gasteiger partial charge in [0.15, 0.2) is 29.6 Å². The fourth-order valence-electron chi connectivity index (χ4n) is 5.70. The molecule has 2 aromatic carbocycles. The highest BCUT2D eigenvalue weighted by molar-refractivity contribution is 6.34. The van der Waals surface area contributed by atoms with Gasteiger partial charge in [-0.2, -0.15) is 9.65 Å². The highest BCUT2D eigenvalue weighted by atomic mass is 35.5. The number of hydrogen-bond acceptors (Lipinski definition) is 8. The first-order valence-electron chi connectivity index (χ1n) is 14.5. The van der Waals surface area contributed by atoms with Crippen LogP contribution in [0.4, 0.5) is 20.3 Å². The van der Waals surface area contributed by atoms with Crippen LogP contribution in [-0.4, -0.2) is 81.9 Å². The van der Waals surface area contributed by atoms with E-state index in [2.05, 4.69) is 20.6 Å². The van der Waals surface area contributed by atoms with E-state index >= 15 is 0 Å². The van der Waals surface area contributed by atoms with E-state index in [0.29, 0.717) is 61.7 Å². The Hall–Kier alpha value is -4.80. The summed E-state index contributed by atoms with van der Waals surface area (Å²) < 4.78 is 36.1. The molecule has 14 heteroatoms. The predicted octanol–water partition coefficient (Wildman–Crippen LogP) is 4.26. The van der Waals surface area contributed by atoms with Gasteiger partial charge >= 0.3 is 0 Å². The van der Waals surface area contributed by atoms with Gasteiger partial charge in [0, 0.05) is 68.8 Å². The van der Waals surface area contributed by atoms with E-state index in [1.807, 2.05) is 4.90 Å². The Labute approximate surface area is 262 Å². The standard InChI is InChI=1S/C31H29ClF2N8O3/c32-23-17-20(1-2-21(23)31(44)40-11-5-19(6-12-40)30(43)41-13-8-36-9-14-41)39-28-29-38-18-24(42(29)15-10-37-28)22-3-4-25(45-16-7-35)27(34)26(22)33/h1-4,10,15,17-19,36H,5-6,8-9,11-14,16H2,(H,37,39). The van der Waals surface area contributed by atoms with Crippen LogP contribution in [0.2, 0.25) is 5.02 Å². The number of ether oxygens (including phenoxy) is 1. The number of carbonyl (C=O) groups is 2. The largest absolute Gasteiger partial charge is 0.476 e. The van der Waals surface area contributed by atoms with Crippen LogP contribution in [0, 0.1) is 28.9 Å². The van der Waals surface area contributed by atoms with Crippen LogP contribution in [0.15, 0.2) is 48.9 Å². The SMILES string of the molecule is N#CCOc1ccc(-c2cnc3c(Nc4ccc(C(=O)N5CCC(C(=O)N6CCNCC6)CC5)c(Cl)c4)nccn23)c(F)c1F. The maximum absolute atomic E-state index is 15.0. The van der Waals surface area contributed by atoms with Gasteiger partial charge in [0.1, 0.15) is 6.07 Å². The molecule has 2 aromatic heterocycles. The molecule has 0 atom stereocenters. The molecular weight excluding hydrogens is 606 g/mol. The number of nitrogens with zero attached hydrogens (tertiary/aromatic N) is 6. The van der Waals surface area contributed by atoms with Crippen LogP contribution in [0.1, 0.15) is 23.2 Å². The molecule has 2 aliphatic heterocycles. The molecule has 0 bridgehead atoms. The third-order valence-corrected chi connectivity index (χ3v) is 8.38. The van der Waals surface area contributed by atoms with Gasteiger partial charge in [-0.25, -0.2) is 14.4 Å². The molecule has 2 N–H and O–H groups in total. The molecule has 0 saturated carbocycles. The van der Waals surface area contributed by atoms with Gasteiger partial charge in [-0.15, -0.1) is 0 Å². The Morgan fingerprint density at radius 2 is 1.84 bits per heavy atom. The first kappa shape index (κ1) is 30.2. The van der Waals surface area contributed by atoms with E-state index in [9.17, 15) is 18.4 Å². The first-order valence-corrected chi connectivity index (χ1v) is 14.9. The average molecular weight is 635 g/mol. The van der Waals surface area contributed by atoms with Crippen LogP contribution in [0.3, 0.4) is 0 Å². The highest BCUT2D eigenvalue weighted by Gasteiger charge is 2.31. The Morgan fingerprint density at radius 3 is 2.58 bits per heavy atom. The zero-order chi connectivity index (χ0) is 31.5. The number of imidazole rings is 1. The monoisotopic (exact) mass is 634 g/mol. The minimum atomic E-state index is -1.21. The summed E-state index contributed by atoms with van der Waals surface area (Å²) in [6.07, 6.45) is 5.67. The van der Waals surface area contributed by atoms with E-state index in [1.165, 1.54) is 24.5 Å². The Bertz CT molecular complexity index is 1800. The number of piperidine rings is 1. The Morgan fingerprint density at radius 1 is 1.07 bits per heavy atom. The van der Waals surface area contributed by atoms with Crippen molar-refractivity contribution in [1.82, 2.24) is 29.5 Å². The van der Waals surface area contributed by atoms with Crippen molar-refractivity contribution < 1.29 is 23.1 Å². The number of nitriles is 1. The van der Waals surface area contributed by atoms with Crippen molar-refractivity contribution in [3.8, 4) is 23.1 Å². The van der Waals surface area contributed by atoms with Gasteiger partial charge in [0.25, 0.3) is 5.91 Å². The van der Waals surface area contributed by atoms with E-state index in [1.54, 1.807) is 39.8 Å². The number of halogens is 3. The predicted molar refractivity (Wildman–Crippen MR) is 162 cm³/mol. The Balaban J connectivity index is 1.15. The highest BCUT2D eigenvalue weighted by Crippen LogP contribution is 2.32. The summed E-state index contributed by atoms with van der Waals surface area (Å²) in [7, 11) is 0. The van der Waals surface area contributed by atoms with E-state index in [-0.39, 0.29) is 39.8 Å². The minimum absolute atomic E-state index is 0.0513. The molecule has 6 rings (SSSR count). The van der Waals surface area contributed by atoms with E-state index in [0.717, 1.165) is 13.1 Å². The number of hydrogen-bond donors (Lipinski definition) is 2. The van der Waals surface area contributed by atoms with Gasteiger partial charge in [-0.3, -0.25) is 14.0 Å². The molecule has 2 amide bonds. The number of benzene rings is 2. The fourth-order valence-corrected chi connectivity index (χ4v) is 5.97. The third kappa shape index (κ3) is 6.11. The van der Waals surface area contributed by atoms with Crippen molar-refractivity contribution >= 4 is 40.6 Å². The first-order chi connectivity index (χ1) is 21.9. The number of amides is 2. The maximum atomic E-state index is 15.0. The lowest BCUT2D eigenvalue weighted by atomic mass is 9.94. The molecule has 45 heavy (non-hydrogen) atoms. The van der Waals surface area contributed by atoms with Crippen LogP contribution in [-0.2, 0) is 4.79 Å². The van der Waals surface area contributed by atoms with Crippen molar-refractivity contribution in [2.24, 2.45) is 5.92 Å². The second-order valence-corrected chi connectivity index (χ2v) is 11.2. The van der Waals surface area contributed by atoms with Crippen molar-refractivity contribution in [2.75, 3.05) is 51.2 Å². The summed E-state index contributed by atoms with van der Waals surface area (Å²) in [5.41, 5.74) is 1.45. The molecule has 0 spiro atoms. The number of rotatable bonds is 7. The van der Waals surface area contributed by atoms with Gasteiger partial charge in [0.05, 0.1) is 22.5 Å². The summed E-state index contributed by atoms with van der Waals surface area (Å²) in [5.74, 6) is -2.49. The van der Waals surface area contributed by atoms with Crippen molar-refractivity contribution in [3.63, 3.8) is 0 Å². The van der Waals surface area contributed by atoms with Crippen molar-refractivity contribution in [3.05, 3.63) is 71.1 Å². The average Bonchev–Trinajstić information content (AvgIpc) is 3.50. The van der Waals surface area contributed by atoms with Crippen molar-refractivity contribution in [1.29, 1.82) is 5.26 Å². The molecule has 4 heterocycles. The number of piperazine rings is 1. The smallest absolute Gasteiger partial charge is 0.255 e. The summed E-state index contributed by atoms with van der Waals surface area (Å²) >= 11 is 6.57. The van der Waals surface area contributed by atoms with Crippen LogP contribution in [0.5, 0.6) is 5.75 Å². The Kier molecular flexibility index (Phi) is 8.77. The molecule has 2 fully saturated rings. The molecule has 0 radical (unpaired) electrons. The molecule has 11 nitrogen and oxygen atoms in total. The quantitative estimate of drug-likeness (QED) is 0.309. The number of aromatic nitrogens is 3. The lowest BCUT2D eigenvalue weighted by Gasteiger charge is -2.35. The van der Waals surface area contributed by atoms with Gasteiger partial charge in [-0.1, -0.05) is 11.6 Å². The fraction of sp³-hybridized carbons (Fsp3) is 0.323. The number of fused-ring (bicyclic) bond motifs is 1. The lowest BCUT2D eigenvalue weighted by molar-refractivity contribution is -0.137. The molecule has 2 aliphatic rings. The third-order valence-electron chi connectivity index (χ3n) is 8.07. The zero-order valence-corrected chi connectivity index (χ0v) is 24.9. The molecule has 4 aromatic rings. The lowest BCUT2D eigenvalue weighted by Crippen LogP contribution is -2.50.